The first-order chi connectivity index (χ1) is 9.56. The van der Waals surface area contributed by atoms with Crippen LogP contribution in [0.4, 0.5) is 4.39 Å². The first kappa shape index (κ1) is 14.7. The van der Waals surface area contributed by atoms with Gasteiger partial charge in [-0.2, -0.15) is 0 Å². The van der Waals surface area contributed by atoms with Crippen LogP contribution in [0.25, 0.3) is 5.69 Å². The quantitative estimate of drug-likeness (QED) is 0.800. The molecule has 1 heterocycles. The molecule has 0 atom stereocenters. The molecule has 20 heavy (non-hydrogen) atoms. The van der Waals surface area contributed by atoms with Crippen LogP contribution in [-0.4, -0.2) is 22.1 Å². The maximum atomic E-state index is 14.0. The van der Waals surface area contributed by atoms with Gasteiger partial charge in [-0.05, 0) is 25.1 Å². The van der Waals surface area contributed by atoms with Crippen molar-refractivity contribution >= 4 is 21.9 Å². The molecule has 2 aromatic rings. The van der Waals surface area contributed by atoms with E-state index in [2.05, 4.69) is 20.9 Å². The van der Waals surface area contributed by atoms with Crippen LogP contribution in [0.5, 0.6) is 0 Å². The third-order valence-electron chi connectivity index (χ3n) is 2.75. The average molecular weight is 341 g/mol. The lowest BCUT2D eigenvalue weighted by atomic mass is 10.3. The van der Waals surface area contributed by atoms with Crippen LogP contribution in [0.3, 0.4) is 0 Å². The molecule has 0 aliphatic rings. The zero-order valence-corrected chi connectivity index (χ0v) is 12.8. The molecule has 0 saturated carbocycles. The number of benzene rings is 1. The first-order valence-corrected chi connectivity index (χ1v) is 7.06. The second kappa shape index (κ2) is 6.17. The molecule has 0 radical (unpaired) electrons. The molecule has 0 N–H and O–H groups in total. The van der Waals surface area contributed by atoms with Crippen LogP contribution in [0.2, 0.25) is 0 Å². The van der Waals surface area contributed by atoms with Gasteiger partial charge in [-0.25, -0.2) is 14.2 Å². The molecule has 1 aromatic heterocycles. The predicted octanol–water partition coefficient (Wildman–Crippen LogP) is 3.51. The van der Waals surface area contributed by atoms with E-state index < -0.39 is 5.97 Å². The summed E-state index contributed by atoms with van der Waals surface area (Å²) < 4.78 is 21.2. The van der Waals surface area contributed by atoms with Crippen molar-refractivity contribution in [3.63, 3.8) is 0 Å². The van der Waals surface area contributed by atoms with Crippen LogP contribution >= 0.6 is 15.9 Å². The van der Waals surface area contributed by atoms with E-state index in [-0.39, 0.29) is 18.1 Å². The van der Waals surface area contributed by atoms with E-state index in [1.807, 2.05) is 6.92 Å². The summed E-state index contributed by atoms with van der Waals surface area (Å²) in [7, 11) is 0. The van der Waals surface area contributed by atoms with Gasteiger partial charge in [0.15, 0.2) is 5.69 Å². The summed E-state index contributed by atoms with van der Waals surface area (Å²) in [5.74, 6) is -0.283. The van der Waals surface area contributed by atoms with E-state index in [0.29, 0.717) is 22.4 Å². The summed E-state index contributed by atoms with van der Waals surface area (Å²) >= 11 is 3.21. The summed E-state index contributed by atoms with van der Waals surface area (Å²) in [4.78, 5) is 15.9. The van der Waals surface area contributed by atoms with E-state index in [1.165, 1.54) is 12.3 Å². The molecule has 0 fully saturated rings. The Bertz CT molecular complexity index is 640. The number of esters is 1. The van der Waals surface area contributed by atoms with Gasteiger partial charge in [0.2, 0.25) is 0 Å². The number of halogens is 2. The van der Waals surface area contributed by atoms with Crippen molar-refractivity contribution in [3.05, 3.63) is 46.2 Å². The largest absolute Gasteiger partial charge is 0.461 e. The Balaban J connectivity index is 2.47. The molecule has 0 bridgehead atoms. The molecule has 0 aliphatic carbocycles. The lowest BCUT2D eigenvalue weighted by Crippen LogP contribution is -2.04. The number of imidazole rings is 1. The molecule has 6 heteroatoms. The minimum atomic E-state index is -0.501. The van der Waals surface area contributed by atoms with Crippen molar-refractivity contribution < 1.29 is 13.9 Å². The topological polar surface area (TPSA) is 44.1 Å². The van der Waals surface area contributed by atoms with E-state index >= 15 is 0 Å². The summed E-state index contributed by atoms with van der Waals surface area (Å²) in [5, 5.41) is 0. The third-order valence-corrected chi connectivity index (χ3v) is 3.24. The van der Waals surface area contributed by atoms with Gasteiger partial charge in [-0.15, -0.1) is 0 Å². The molecule has 0 spiro atoms. The van der Waals surface area contributed by atoms with Crippen molar-refractivity contribution in [3.8, 4) is 5.69 Å². The highest BCUT2D eigenvalue weighted by molar-refractivity contribution is 9.10. The lowest BCUT2D eigenvalue weighted by molar-refractivity contribution is 0.0520. The fraction of sp³-hybridized carbons (Fsp3) is 0.286. The summed E-state index contributed by atoms with van der Waals surface area (Å²) in [6.45, 7) is 3.90. The molecular formula is C14H14BrFN2O2. The van der Waals surface area contributed by atoms with Crippen molar-refractivity contribution in [1.29, 1.82) is 0 Å². The van der Waals surface area contributed by atoms with Crippen molar-refractivity contribution in [2.75, 3.05) is 6.61 Å². The Kier molecular flexibility index (Phi) is 4.54. The Labute approximate surface area is 124 Å². The number of carbonyl (C=O) groups excluding carboxylic acids is 1. The number of hydrogen-bond acceptors (Lipinski definition) is 3. The van der Waals surface area contributed by atoms with E-state index in [0.717, 1.165) is 0 Å². The van der Waals surface area contributed by atoms with Gasteiger partial charge >= 0.3 is 5.97 Å². The first-order valence-electron chi connectivity index (χ1n) is 6.27. The van der Waals surface area contributed by atoms with E-state index in [9.17, 15) is 9.18 Å². The second-order valence-corrected chi connectivity index (χ2v) is 5.00. The van der Waals surface area contributed by atoms with Gasteiger partial charge in [0.05, 0.1) is 12.3 Å². The lowest BCUT2D eigenvalue weighted by Gasteiger charge is -2.07. The Hall–Kier alpha value is -1.69. The summed E-state index contributed by atoms with van der Waals surface area (Å²) in [6.07, 6.45) is 2.08. The SMILES string of the molecule is CCOC(=O)c1cn(-c2ccc(Br)cc2F)c(CC)n1. The highest BCUT2D eigenvalue weighted by atomic mass is 79.9. The molecule has 106 valence electrons. The van der Waals surface area contributed by atoms with Gasteiger partial charge in [0, 0.05) is 17.1 Å². The number of nitrogens with zero attached hydrogens (tertiary/aromatic N) is 2. The standard InChI is InChI=1S/C14H14BrFN2O2/c1-3-13-17-11(14(19)20-4-2)8-18(13)12-6-5-9(15)7-10(12)16/h5-8H,3-4H2,1-2H3. The molecule has 1 aromatic carbocycles. The van der Waals surface area contributed by atoms with Gasteiger partial charge < -0.3 is 4.74 Å². The number of ether oxygens (including phenoxy) is 1. The average Bonchev–Trinajstić information content (AvgIpc) is 2.83. The van der Waals surface area contributed by atoms with Gasteiger partial charge in [0.1, 0.15) is 11.6 Å². The zero-order valence-electron chi connectivity index (χ0n) is 11.2. The minimum Gasteiger partial charge on any atom is -0.461 e. The van der Waals surface area contributed by atoms with Crippen LogP contribution < -0.4 is 0 Å². The molecule has 0 saturated heterocycles. The van der Waals surface area contributed by atoms with Crippen LogP contribution in [0, 0.1) is 5.82 Å². The molecule has 4 nitrogen and oxygen atoms in total. The maximum absolute atomic E-state index is 14.0. The Morgan fingerprint density at radius 3 is 2.80 bits per heavy atom. The highest BCUT2D eigenvalue weighted by Gasteiger charge is 2.17. The molecule has 0 aliphatic heterocycles. The number of aryl methyl sites for hydroxylation is 1. The fourth-order valence-electron chi connectivity index (χ4n) is 1.86. The predicted molar refractivity (Wildman–Crippen MR) is 76.6 cm³/mol. The van der Waals surface area contributed by atoms with E-state index in [1.54, 1.807) is 23.6 Å². The van der Waals surface area contributed by atoms with Gasteiger partial charge in [0.25, 0.3) is 0 Å². The highest BCUT2D eigenvalue weighted by Crippen LogP contribution is 2.21. The number of rotatable bonds is 4. The molecule has 0 unspecified atom stereocenters. The van der Waals surface area contributed by atoms with E-state index in [4.69, 9.17) is 4.74 Å². The van der Waals surface area contributed by atoms with Crippen molar-refractivity contribution in [2.24, 2.45) is 0 Å². The third kappa shape index (κ3) is 2.90. The van der Waals surface area contributed by atoms with Gasteiger partial charge in [-0.3, -0.25) is 4.57 Å². The molecule has 2 rings (SSSR count). The molecular weight excluding hydrogens is 327 g/mol. The molecule has 0 amide bonds. The Morgan fingerprint density at radius 1 is 1.45 bits per heavy atom. The number of carbonyl (C=O) groups is 1. The zero-order chi connectivity index (χ0) is 14.7. The maximum Gasteiger partial charge on any atom is 0.358 e. The Morgan fingerprint density at radius 2 is 2.20 bits per heavy atom. The van der Waals surface area contributed by atoms with Gasteiger partial charge in [-0.1, -0.05) is 22.9 Å². The van der Waals surface area contributed by atoms with Crippen LogP contribution in [-0.2, 0) is 11.2 Å². The fourth-order valence-corrected chi connectivity index (χ4v) is 2.19. The number of hydrogen-bond donors (Lipinski definition) is 0. The summed E-state index contributed by atoms with van der Waals surface area (Å²) in [6, 6.07) is 4.75. The normalized spacial score (nSPS) is 10.6. The second-order valence-electron chi connectivity index (χ2n) is 4.08. The van der Waals surface area contributed by atoms with Crippen molar-refractivity contribution in [1.82, 2.24) is 9.55 Å². The van der Waals surface area contributed by atoms with Crippen LogP contribution in [0.15, 0.2) is 28.9 Å². The minimum absolute atomic E-state index is 0.186. The summed E-state index contributed by atoms with van der Waals surface area (Å²) in [5.41, 5.74) is 0.541. The smallest absolute Gasteiger partial charge is 0.358 e. The van der Waals surface area contributed by atoms with Crippen LogP contribution in [0.1, 0.15) is 30.2 Å². The monoisotopic (exact) mass is 340 g/mol. The van der Waals surface area contributed by atoms with Crippen molar-refractivity contribution in [2.45, 2.75) is 20.3 Å². The number of aromatic nitrogens is 2.